The quantitative estimate of drug-likeness (QED) is 0.829. The smallest absolute Gasteiger partial charge is 0.354 e. The lowest BCUT2D eigenvalue weighted by Crippen LogP contribution is -2.35. The van der Waals surface area contributed by atoms with Crippen LogP contribution in [0.4, 0.5) is 13.2 Å². The molecule has 0 radical (unpaired) electrons. The molecule has 28 heavy (non-hydrogen) atoms. The summed E-state index contributed by atoms with van der Waals surface area (Å²) < 4.78 is 40.7. The fraction of sp³-hybridized carbons (Fsp3) is 0.500. The number of aromatic amines is 1. The Morgan fingerprint density at radius 1 is 1.36 bits per heavy atom. The van der Waals surface area contributed by atoms with Crippen molar-refractivity contribution >= 4 is 5.91 Å². The number of aromatic nitrogens is 3. The number of halogens is 3. The van der Waals surface area contributed by atoms with Gasteiger partial charge in [0.2, 0.25) is 0 Å². The highest BCUT2D eigenvalue weighted by molar-refractivity contribution is 5.92. The third-order valence-corrected chi connectivity index (χ3v) is 5.01. The highest BCUT2D eigenvalue weighted by Gasteiger charge is 2.34. The van der Waals surface area contributed by atoms with Gasteiger partial charge in [0.1, 0.15) is 11.5 Å². The lowest BCUT2D eigenvalue weighted by Gasteiger charge is -2.35. The van der Waals surface area contributed by atoms with E-state index in [0.29, 0.717) is 18.3 Å². The Kier molecular flexibility index (Phi) is 5.59. The van der Waals surface area contributed by atoms with Crippen molar-refractivity contribution in [1.29, 1.82) is 0 Å². The van der Waals surface area contributed by atoms with Gasteiger partial charge in [0.15, 0.2) is 5.69 Å². The highest BCUT2D eigenvalue weighted by atomic mass is 19.4. The van der Waals surface area contributed by atoms with Crippen molar-refractivity contribution in [2.24, 2.45) is 7.05 Å². The molecule has 7 nitrogen and oxygen atoms in total. The summed E-state index contributed by atoms with van der Waals surface area (Å²) in [5.41, 5.74) is -0.617. The molecule has 1 amide bonds. The van der Waals surface area contributed by atoms with Gasteiger partial charge < -0.3 is 14.9 Å². The summed E-state index contributed by atoms with van der Waals surface area (Å²) in [7, 11) is 3.34. The monoisotopic (exact) mass is 397 g/mol. The molecule has 2 aromatic rings. The molecule has 0 saturated carbocycles. The third-order valence-electron chi connectivity index (χ3n) is 5.01. The standard InChI is InChI=1S/C18H22F3N5O2/c1-22-17(28)13-7-6-11(25(13)2)12-5-3-4-8-26(12)10-15-23-14(18(19,20)21)9-16(27)24-15/h6-7,9,12H,3-5,8,10H2,1-2H3,(H,22,28)(H,23,24,27). The topological polar surface area (TPSA) is 83.0 Å². The Balaban J connectivity index is 1.89. The summed E-state index contributed by atoms with van der Waals surface area (Å²) in [5, 5.41) is 2.59. The number of carbonyl (C=O) groups is 1. The molecule has 2 N–H and O–H groups in total. The van der Waals surface area contributed by atoms with E-state index in [4.69, 9.17) is 0 Å². The van der Waals surface area contributed by atoms with E-state index in [1.807, 2.05) is 11.0 Å². The van der Waals surface area contributed by atoms with Gasteiger partial charge in [-0.15, -0.1) is 0 Å². The first kappa shape index (κ1) is 20.1. The number of hydrogen-bond acceptors (Lipinski definition) is 4. The summed E-state index contributed by atoms with van der Waals surface area (Å²) in [6.45, 7) is 0.745. The molecule has 0 bridgehead atoms. The Morgan fingerprint density at radius 3 is 2.79 bits per heavy atom. The predicted molar refractivity (Wildman–Crippen MR) is 95.7 cm³/mol. The van der Waals surface area contributed by atoms with Crippen LogP contribution in [0.3, 0.4) is 0 Å². The van der Waals surface area contributed by atoms with E-state index in [9.17, 15) is 22.8 Å². The predicted octanol–water partition coefficient (Wildman–Crippen LogP) is 2.21. The van der Waals surface area contributed by atoms with E-state index >= 15 is 0 Å². The van der Waals surface area contributed by atoms with Crippen molar-refractivity contribution in [1.82, 2.24) is 24.8 Å². The first-order valence-electron chi connectivity index (χ1n) is 9.00. The molecule has 10 heteroatoms. The molecule has 152 valence electrons. The van der Waals surface area contributed by atoms with Crippen molar-refractivity contribution in [2.75, 3.05) is 13.6 Å². The van der Waals surface area contributed by atoms with Crippen LogP contribution in [0.1, 0.15) is 53.0 Å². The Hall–Kier alpha value is -2.62. The molecule has 3 heterocycles. The number of hydrogen-bond donors (Lipinski definition) is 2. The van der Waals surface area contributed by atoms with Crippen LogP contribution in [0.2, 0.25) is 0 Å². The van der Waals surface area contributed by atoms with Crippen LogP contribution < -0.4 is 10.9 Å². The number of piperidine rings is 1. The minimum atomic E-state index is -4.68. The number of nitrogens with one attached hydrogen (secondary N) is 2. The Labute approximate surface area is 159 Å². The Bertz CT molecular complexity index is 919. The molecule has 3 rings (SSSR count). The maximum atomic E-state index is 13.0. The van der Waals surface area contributed by atoms with Gasteiger partial charge >= 0.3 is 6.18 Å². The fourth-order valence-corrected chi connectivity index (χ4v) is 3.65. The minimum Gasteiger partial charge on any atom is -0.354 e. The number of likely N-dealkylation sites (tertiary alicyclic amines) is 1. The van der Waals surface area contributed by atoms with Crippen LogP contribution >= 0.6 is 0 Å². The van der Waals surface area contributed by atoms with Gasteiger partial charge in [-0.25, -0.2) is 4.98 Å². The lowest BCUT2D eigenvalue weighted by atomic mass is 9.99. The van der Waals surface area contributed by atoms with E-state index in [-0.39, 0.29) is 24.3 Å². The average molecular weight is 397 g/mol. The largest absolute Gasteiger partial charge is 0.433 e. The van der Waals surface area contributed by atoms with E-state index < -0.39 is 17.4 Å². The van der Waals surface area contributed by atoms with Crippen molar-refractivity contribution in [3.8, 4) is 0 Å². The van der Waals surface area contributed by atoms with Crippen LogP contribution in [0.25, 0.3) is 0 Å². The van der Waals surface area contributed by atoms with Crippen molar-refractivity contribution < 1.29 is 18.0 Å². The normalized spacial score (nSPS) is 18.2. The maximum Gasteiger partial charge on any atom is 0.433 e. The van der Waals surface area contributed by atoms with Crippen LogP contribution in [-0.4, -0.2) is 38.9 Å². The molecule has 0 spiro atoms. The van der Waals surface area contributed by atoms with Gasteiger partial charge in [-0.1, -0.05) is 6.42 Å². The third kappa shape index (κ3) is 4.11. The van der Waals surface area contributed by atoms with Crippen molar-refractivity contribution in [3.05, 3.63) is 51.5 Å². The average Bonchev–Trinajstić information content (AvgIpc) is 3.01. The summed E-state index contributed by atoms with van der Waals surface area (Å²) in [6, 6.07) is 3.96. The van der Waals surface area contributed by atoms with E-state index in [1.165, 1.54) is 0 Å². The molecule has 1 atom stereocenters. The van der Waals surface area contributed by atoms with Gasteiger partial charge in [-0.05, 0) is 31.5 Å². The number of rotatable bonds is 4. The molecule has 1 fully saturated rings. The zero-order valence-electron chi connectivity index (χ0n) is 15.6. The maximum absolute atomic E-state index is 13.0. The summed E-state index contributed by atoms with van der Waals surface area (Å²) in [5.74, 6) is -0.229. The number of carbonyl (C=O) groups excluding carboxylic acids is 1. The van der Waals surface area contributed by atoms with Crippen molar-refractivity contribution in [2.45, 2.75) is 38.0 Å². The van der Waals surface area contributed by atoms with Crippen LogP contribution in [-0.2, 0) is 19.8 Å². The van der Waals surface area contributed by atoms with Gasteiger partial charge in [-0.2, -0.15) is 13.2 Å². The second kappa shape index (κ2) is 7.78. The second-order valence-electron chi connectivity index (χ2n) is 6.84. The summed E-state index contributed by atoms with van der Waals surface area (Å²) in [4.78, 5) is 31.6. The SMILES string of the molecule is CNC(=O)c1ccc(C2CCCCN2Cc2nc(C(F)(F)F)cc(=O)[nH]2)n1C. The molecule has 1 saturated heterocycles. The van der Waals surface area contributed by atoms with Gasteiger partial charge in [-0.3, -0.25) is 14.5 Å². The number of H-pyrrole nitrogens is 1. The molecular formula is C18H22F3N5O2. The van der Waals surface area contributed by atoms with Gasteiger partial charge in [0, 0.05) is 25.9 Å². The second-order valence-corrected chi connectivity index (χ2v) is 6.84. The van der Waals surface area contributed by atoms with E-state index in [1.54, 1.807) is 24.7 Å². The molecular weight excluding hydrogens is 375 g/mol. The van der Waals surface area contributed by atoms with E-state index in [2.05, 4.69) is 15.3 Å². The zero-order valence-corrected chi connectivity index (χ0v) is 15.6. The first-order chi connectivity index (χ1) is 13.2. The Morgan fingerprint density at radius 2 is 2.11 bits per heavy atom. The molecule has 1 aliphatic rings. The van der Waals surface area contributed by atoms with Gasteiger partial charge in [0.05, 0.1) is 12.6 Å². The highest BCUT2D eigenvalue weighted by Crippen LogP contribution is 2.33. The molecule has 0 aliphatic carbocycles. The molecule has 1 aliphatic heterocycles. The summed E-state index contributed by atoms with van der Waals surface area (Å²) >= 11 is 0. The number of nitrogens with zero attached hydrogens (tertiary/aromatic N) is 3. The van der Waals surface area contributed by atoms with Crippen LogP contribution in [0, 0.1) is 0 Å². The molecule has 1 unspecified atom stereocenters. The number of amides is 1. The fourth-order valence-electron chi connectivity index (χ4n) is 3.65. The summed E-state index contributed by atoms with van der Waals surface area (Å²) in [6.07, 6.45) is -2.01. The first-order valence-corrected chi connectivity index (χ1v) is 9.00. The number of alkyl halides is 3. The van der Waals surface area contributed by atoms with Crippen LogP contribution in [0.15, 0.2) is 23.0 Å². The minimum absolute atomic E-state index is 0.0209. The lowest BCUT2D eigenvalue weighted by molar-refractivity contribution is -0.141. The zero-order chi connectivity index (χ0) is 20.5. The van der Waals surface area contributed by atoms with Crippen LogP contribution in [0.5, 0.6) is 0 Å². The molecule has 0 aromatic carbocycles. The van der Waals surface area contributed by atoms with Gasteiger partial charge in [0.25, 0.3) is 11.5 Å². The molecule has 2 aromatic heterocycles. The van der Waals surface area contributed by atoms with Crippen molar-refractivity contribution in [3.63, 3.8) is 0 Å². The van der Waals surface area contributed by atoms with E-state index in [0.717, 1.165) is 25.0 Å².